The molecule has 2 amide bonds. The van der Waals surface area contributed by atoms with Crippen molar-refractivity contribution in [3.05, 3.63) is 18.2 Å². The van der Waals surface area contributed by atoms with E-state index in [2.05, 4.69) is 10.6 Å². The van der Waals surface area contributed by atoms with Gasteiger partial charge in [-0.15, -0.1) is 0 Å². The van der Waals surface area contributed by atoms with Crippen molar-refractivity contribution < 1.29 is 23.8 Å². The SMILES string of the molecule is COc1ccc(NC(=O)CNC(=O)OC(C)(C)C)c(OC)c1. The smallest absolute Gasteiger partial charge is 0.408 e. The number of benzene rings is 1. The van der Waals surface area contributed by atoms with Crippen molar-refractivity contribution in [1.82, 2.24) is 5.32 Å². The van der Waals surface area contributed by atoms with Crippen molar-refractivity contribution >= 4 is 17.7 Å². The van der Waals surface area contributed by atoms with Gasteiger partial charge in [0.25, 0.3) is 0 Å². The summed E-state index contributed by atoms with van der Waals surface area (Å²) in [5, 5.41) is 5.02. The van der Waals surface area contributed by atoms with E-state index in [1.807, 2.05) is 0 Å². The van der Waals surface area contributed by atoms with E-state index in [0.717, 1.165) is 0 Å². The lowest BCUT2D eigenvalue weighted by Gasteiger charge is -2.19. The molecule has 2 N–H and O–H groups in total. The molecule has 0 aliphatic heterocycles. The van der Waals surface area contributed by atoms with Crippen LogP contribution in [0.1, 0.15) is 20.8 Å². The van der Waals surface area contributed by atoms with Crippen LogP contribution in [0.4, 0.5) is 10.5 Å². The second-order valence-corrected chi connectivity index (χ2v) is 5.47. The zero-order valence-corrected chi connectivity index (χ0v) is 13.5. The highest BCUT2D eigenvalue weighted by Crippen LogP contribution is 2.28. The Balaban J connectivity index is 2.57. The Bertz CT molecular complexity index is 537. The van der Waals surface area contributed by atoms with E-state index in [1.54, 1.807) is 39.0 Å². The van der Waals surface area contributed by atoms with Crippen molar-refractivity contribution in [2.24, 2.45) is 0 Å². The molecule has 0 saturated carbocycles. The number of rotatable bonds is 5. The van der Waals surface area contributed by atoms with Gasteiger partial charge in [-0.05, 0) is 32.9 Å². The highest BCUT2D eigenvalue weighted by Gasteiger charge is 2.17. The van der Waals surface area contributed by atoms with Crippen molar-refractivity contribution in [1.29, 1.82) is 0 Å². The van der Waals surface area contributed by atoms with Crippen LogP contribution in [0.25, 0.3) is 0 Å². The lowest BCUT2D eigenvalue weighted by atomic mass is 10.2. The van der Waals surface area contributed by atoms with Crippen LogP contribution < -0.4 is 20.1 Å². The van der Waals surface area contributed by atoms with Crippen LogP contribution in [0.3, 0.4) is 0 Å². The first-order valence-electron chi connectivity index (χ1n) is 6.74. The lowest BCUT2D eigenvalue weighted by Crippen LogP contribution is -2.37. The molecule has 22 heavy (non-hydrogen) atoms. The number of amides is 2. The van der Waals surface area contributed by atoms with E-state index < -0.39 is 17.6 Å². The average Bonchev–Trinajstić information content (AvgIpc) is 2.43. The number of methoxy groups -OCH3 is 2. The van der Waals surface area contributed by atoms with Crippen molar-refractivity contribution in [2.45, 2.75) is 26.4 Å². The fourth-order valence-corrected chi connectivity index (χ4v) is 1.56. The van der Waals surface area contributed by atoms with E-state index in [0.29, 0.717) is 17.2 Å². The normalized spacial score (nSPS) is 10.6. The molecule has 7 heteroatoms. The van der Waals surface area contributed by atoms with Gasteiger partial charge in [-0.2, -0.15) is 0 Å². The molecule has 0 unspecified atom stereocenters. The Labute approximate surface area is 129 Å². The summed E-state index contributed by atoms with van der Waals surface area (Å²) >= 11 is 0. The fraction of sp³-hybridized carbons (Fsp3) is 0.467. The number of hydrogen-bond acceptors (Lipinski definition) is 5. The number of nitrogens with one attached hydrogen (secondary N) is 2. The Morgan fingerprint density at radius 2 is 1.82 bits per heavy atom. The number of alkyl carbamates (subject to hydrolysis) is 1. The minimum absolute atomic E-state index is 0.204. The third-order valence-electron chi connectivity index (χ3n) is 2.47. The summed E-state index contributed by atoms with van der Waals surface area (Å²) in [6.07, 6.45) is -0.649. The first-order valence-corrected chi connectivity index (χ1v) is 6.74. The summed E-state index contributed by atoms with van der Waals surface area (Å²) in [4.78, 5) is 23.3. The average molecular weight is 310 g/mol. The number of ether oxygens (including phenoxy) is 3. The zero-order valence-electron chi connectivity index (χ0n) is 13.5. The minimum Gasteiger partial charge on any atom is -0.497 e. The van der Waals surface area contributed by atoms with Gasteiger partial charge in [0.05, 0.1) is 19.9 Å². The summed E-state index contributed by atoms with van der Waals surface area (Å²) in [5.41, 5.74) is -0.126. The Hall–Kier alpha value is -2.44. The first kappa shape index (κ1) is 17.6. The van der Waals surface area contributed by atoms with Crippen molar-refractivity contribution in [3.63, 3.8) is 0 Å². The van der Waals surface area contributed by atoms with Crippen LogP contribution in [0.5, 0.6) is 11.5 Å². The molecule has 122 valence electrons. The van der Waals surface area contributed by atoms with Gasteiger partial charge in [-0.25, -0.2) is 4.79 Å². The molecule has 0 radical (unpaired) electrons. The largest absolute Gasteiger partial charge is 0.497 e. The Kier molecular flexibility index (Phi) is 6.03. The zero-order chi connectivity index (χ0) is 16.8. The molecule has 0 aliphatic carbocycles. The molecule has 0 heterocycles. The van der Waals surface area contributed by atoms with Crippen LogP contribution in [0.15, 0.2) is 18.2 Å². The van der Waals surface area contributed by atoms with Gasteiger partial charge in [0.15, 0.2) is 0 Å². The number of hydrogen-bond donors (Lipinski definition) is 2. The van der Waals surface area contributed by atoms with Crippen LogP contribution in [0.2, 0.25) is 0 Å². The van der Waals surface area contributed by atoms with Crippen LogP contribution >= 0.6 is 0 Å². The summed E-state index contributed by atoms with van der Waals surface area (Å²) in [6, 6.07) is 5.00. The van der Waals surface area contributed by atoms with Gasteiger partial charge in [0.2, 0.25) is 5.91 Å². The standard InChI is InChI=1S/C15H22N2O5/c1-15(2,3)22-14(19)16-9-13(18)17-11-7-6-10(20-4)8-12(11)21-5/h6-8H,9H2,1-5H3,(H,16,19)(H,17,18). The van der Waals surface area contributed by atoms with Crippen molar-refractivity contribution in [3.8, 4) is 11.5 Å². The minimum atomic E-state index is -0.649. The summed E-state index contributed by atoms with van der Waals surface area (Å²) in [7, 11) is 3.03. The molecular weight excluding hydrogens is 288 g/mol. The van der Waals surface area contributed by atoms with Crippen LogP contribution in [0, 0.1) is 0 Å². The maximum Gasteiger partial charge on any atom is 0.408 e. The third-order valence-corrected chi connectivity index (χ3v) is 2.47. The van der Waals surface area contributed by atoms with E-state index in [1.165, 1.54) is 14.2 Å². The third kappa shape index (κ3) is 5.90. The van der Waals surface area contributed by atoms with Gasteiger partial charge >= 0.3 is 6.09 Å². The van der Waals surface area contributed by atoms with E-state index >= 15 is 0 Å². The van der Waals surface area contributed by atoms with Crippen molar-refractivity contribution in [2.75, 3.05) is 26.1 Å². The first-order chi connectivity index (χ1) is 10.2. The van der Waals surface area contributed by atoms with Gasteiger partial charge in [0.1, 0.15) is 23.6 Å². The molecule has 7 nitrogen and oxygen atoms in total. The second-order valence-electron chi connectivity index (χ2n) is 5.47. The summed E-state index contributed by atoms with van der Waals surface area (Å²) in [5.74, 6) is 0.682. The maximum absolute atomic E-state index is 11.8. The Morgan fingerprint density at radius 3 is 2.36 bits per heavy atom. The molecule has 0 bridgehead atoms. The van der Waals surface area contributed by atoms with E-state index in [-0.39, 0.29) is 6.54 Å². The molecule has 0 atom stereocenters. The molecule has 1 aromatic rings. The molecule has 0 saturated heterocycles. The molecule has 0 spiro atoms. The maximum atomic E-state index is 11.8. The molecule has 1 rings (SSSR count). The van der Waals surface area contributed by atoms with E-state index in [4.69, 9.17) is 14.2 Å². The molecule has 0 fully saturated rings. The fourth-order valence-electron chi connectivity index (χ4n) is 1.56. The highest BCUT2D eigenvalue weighted by atomic mass is 16.6. The molecule has 0 aliphatic rings. The monoisotopic (exact) mass is 310 g/mol. The predicted octanol–water partition coefficient (Wildman–Crippen LogP) is 2.17. The van der Waals surface area contributed by atoms with Gasteiger partial charge in [0, 0.05) is 6.07 Å². The second kappa shape index (κ2) is 7.53. The van der Waals surface area contributed by atoms with Gasteiger partial charge in [-0.3, -0.25) is 4.79 Å². The Morgan fingerprint density at radius 1 is 1.14 bits per heavy atom. The molecule has 1 aromatic carbocycles. The van der Waals surface area contributed by atoms with Crippen LogP contribution in [-0.4, -0.2) is 38.4 Å². The lowest BCUT2D eigenvalue weighted by molar-refractivity contribution is -0.115. The predicted molar refractivity (Wildman–Crippen MR) is 82.4 cm³/mol. The topological polar surface area (TPSA) is 85.9 Å². The summed E-state index contributed by atoms with van der Waals surface area (Å²) < 4.78 is 15.3. The molecule has 0 aromatic heterocycles. The number of carbonyl (C=O) groups excluding carboxylic acids is 2. The highest BCUT2D eigenvalue weighted by molar-refractivity contribution is 5.95. The van der Waals surface area contributed by atoms with Crippen LogP contribution in [-0.2, 0) is 9.53 Å². The number of carbonyl (C=O) groups is 2. The van der Waals surface area contributed by atoms with Gasteiger partial charge < -0.3 is 24.8 Å². The van der Waals surface area contributed by atoms with Gasteiger partial charge in [-0.1, -0.05) is 0 Å². The summed E-state index contributed by atoms with van der Waals surface area (Å²) in [6.45, 7) is 5.03. The molecular formula is C15H22N2O5. The number of anilines is 1. The van der Waals surface area contributed by atoms with E-state index in [9.17, 15) is 9.59 Å². The quantitative estimate of drug-likeness (QED) is 0.870.